The van der Waals surface area contributed by atoms with Gasteiger partial charge in [-0.05, 0) is 18.4 Å². The first kappa shape index (κ1) is 20.8. The number of aromatic nitrogens is 2. The lowest BCUT2D eigenvalue weighted by Gasteiger charge is -2.37. The number of rotatable bonds is 5. The maximum Gasteiger partial charge on any atom is 0.250 e. The maximum atomic E-state index is 12.9. The molecule has 3 rings (SSSR count). The summed E-state index contributed by atoms with van der Waals surface area (Å²) in [6.45, 7) is 3.32. The van der Waals surface area contributed by atoms with Crippen LogP contribution >= 0.6 is 23.7 Å². The van der Waals surface area contributed by atoms with Gasteiger partial charge in [-0.25, -0.2) is 13.4 Å². The van der Waals surface area contributed by atoms with E-state index in [1.807, 2.05) is 17.8 Å². The third-order valence-corrected chi connectivity index (χ3v) is 7.08. The molecular weight excluding hydrogens is 398 g/mol. The summed E-state index contributed by atoms with van der Waals surface area (Å²) >= 11 is 1.12. The highest BCUT2D eigenvalue weighted by molar-refractivity contribution is 7.91. The Hall–Kier alpha value is -1.46. The molecule has 0 bridgehead atoms. The van der Waals surface area contributed by atoms with Gasteiger partial charge in [-0.1, -0.05) is 6.07 Å². The predicted molar refractivity (Wildman–Crippen MR) is 102 cm³/mol. The maximum absolute atomic E-state index is 12.9. The summed E-state index contributed by atoms with van der Waals surface area (Å²) in [6.07, 6.45) is 3.52. The van der Waals surface area contributed by atoms with Gasteiger partial charge in [-0.15, -0.1) is 23.7 Å². The van der Waals surface area contributed by atoms with Crippen molar-refractivity contribution < 1.29 is 13.2 Å². The molecule has 1 saturated heterocycles. The lowest BCUT2D eigenvalue weighted by molar-refractivity contribution is -0.136. The van der Waals surface area contributed by atoms with Gasteiger partial charge in [0.05, 0.1) is 6.04 Å². The van der Waals surface area contributed by atoms with Crippen molar-refractivity contribution in [3.63, 3.8) is 0 Å². The first-order chi connectivity index (χ1) is 11.9. The summed E-state index contributed by atoms with van der Waals surface area (Å²) in [4.78, 5) is 18.9. The molecule has 1 amide bonds. The van der Waals surface area contributed by atoms with Gasteiger partial charge in [-0.3, -0.25) is 4.79 Å². The molecule has 0 saturated carbocycles. The smallest absolute Gasteiger partial charge is 0.250 e. The number of thiophene rings is 1. The summed E-state index contributed by atoms with van der Waals surface area (Å²) in [5.41, 5.74) is 0. The summed E-state index contributed by atoms with van der Waals surface area (Å²) in [5, 5.41) is 4.95. The first-order valence-corrected chi connectivity index (χ1v) is 10.3. The van der Waals surface area contributed by atoms with E-state index < -0.39 is 16.1 Å². The van der Waals surface area contributed by atoms with Crippen molar-refractivity contribution in [3.05, 3.63) is 35.7 Å². The fourth-order valence-corrected chi connectivity index (χ4v) is 5.11. The largest absolute Gasteiger partial charge is 0.336 e. The van der Waals surface area contributed by atoms with Crippen molar-refractivity contribution in [2.24, 2.45) is 7.05 Å². The highest BCUT2D eigenvalue weighted by Crippen LogP contribution is 2.22. The van der Waals surface area contributed by atoms with E-state index >= 15 is 0 Å². The number of hydrogen-bond donors (Lipinski definition) is 2. The van der Waals surface area contributed by atoms with Crippen LogP contribution in [0.2, 0.25) is 0 Å². The normalized spacial score (nSPS) is 19.0. The fraction of sp³-hybridized carbons (Fsp3) is 0.467. The van der Waals surface area contributed by atoms with Crippen LogP contribution in [-0.4, -0.2) is 54.5 Å². The van der Waals surface area contributed by atoms with Gasteiger partial charge in [0.2, 0.25) is 5.91 Å². The van der Waals surface area contributed by atoms with Crippen LogP contribution in [0.4, 0.5) is 0 Å². The van der Waals surface area contributed by atoms with Crippen LogP contribution in [0, 0.1) is 0 Å². The molecule has 3 heterocycles. The second kappa shape index (κ2) is 8.49. The zero-order valence-corrected chi connectivity index (χ0v) is 16.9. The van der Waals surface area contributed by atoms with Crippen molar-refractivity contribution in [2.45, 2.75) is 23.2 Å². The quantitative estimate of drug-likeness (QED) is 0.745. The van der Waals surface area contributed by atoms with Crippen LogP contribution in [-0.2, 0) is 21.9 Å². The molecule has 0 spiro atoms. The first-order valence-electron chi connectivity index (χ1n) is 7.94. The Kier molecular flexibility index (Phi) is 6.80. The average molecular weight is 420 g/mol. The van der Waals surface area contributed by atoms with Crippen molar-refractivity contribution in [2.75, 3.05) is 19.6 Å². The number of aryl methyl sites for hydroxylation is 1. The minimum Gasteiger partial charge on any atom is -0.336 e. The minimum atomic E-state index is -3.69. The molecule has 2 unspecified atom stereocenters. The number of halogens is 1. The summed E-state index contributed by atoms with van der Waals surface area (Å²) < 4.78 is 29.3. The van der Waals surface area contributed by atoms with Crippen molar-refractivity contribution in [3.8, 4) is 0 Å². The molecule has 0 radical (unpaired) electrons. The number of carbonyl (C=O) groups is 1. The fourth-order valence-electron chi connectivity index (χ4n) is 2.90. The van der Waals surface area contributed by atoms with E-state index in [1.165, 1.54) is 6.07 Å². The molecule has 1 aliphatic heterocycles. The zero-order valence-electron chi connectivity index (χ0n) is 14.5. The Morgan fingerprint density at radius 3 is 2.88 bits per heavy atom. The molecule has 2 aromatic rings. The Morgan fingerprint density at radius 1 is 1.50 bits per heavy atom. The second-order valence-corrected chi connectivity index (χ2v) is 8.81. The number of piperazine rings is 1. The number of amides is 1. The Balaban J connectivity index is 0.00000243. The number of sulfonamides is 1. The van der Waals surface area contributed by atoms with Gasteiger partial charge in [0.15, 0.2) is 0 Å². The lowest BCUT2D eigenvalue weighted by atomic mass is 10.1. The van der Waals surface area contributed by atoms with E-state index in [1.54, 1.807) is 29.5 Å². The number of nitrogens with zero attached hydrogens (tertiary/aromatic N) is 3. The van der Waals surface area contributed by atoms with E-state index in [4.69, 9.17) is 0 Å². The molecule has 1 fully saturated rings. The van der Waals surface area contributed by atoms with Gasteiger partial charge in [0.1, 0.15) is 16.1 Å². The topological polar surface area (TPSA) is 96.3 Å². The van der Waals surface area contributed by atoms with Crippen molar-refractivity contribution in [1.82, 2.24) is 24.5 Å². The third-order valence-electron chi connectivity index (χ3n) is 4.15. The molecule has 11 heteroatoms. The van der Waals surface area contributed by atoms with Gasteiger partial charge in [0, 0.05) is 39.1 Å². The standard InChI is InChI=1S/C15H21N5O3S2.ClH/c1-11(18-25(22,23)13-4-3-9-24-13)15(21)20-8-5-16-10-12(20)14-17-6-7-19(14)2;/h3-4,6-7,9,11-12,16,18H,5,8,10H2,1-2H3;1H. The Labute approximate surface area is 163 Å². The van der Waals surface area contributed by atoms with Crippen LogP contribution in [0.1, 0.15) is 18.8 Å². The molecule has 8 nitrogen and oxygen atoms in total. The summed E-state index contributed by atoms with van der Waals surface area (Å²) in [5.74, 6) is 0.517. The van der Waals surface area contributed by atoms with E-state index in [0.717, 1.165) is 17.2 Å². The van der Waals surface area contributed by atoms with Crippen molar-refractivity contribution in [1.29, 1.82) is 0 Å². The zero-order chi connectivity index (χ0) is 18.0. The molecule has 2 atom stereocenters. The molecule has 1 aliphatic rings. The molecule has 0 aliphatic carbocycles. The molecule has 2 N–H and O–H groups in total. The number of carbonyl (C=O) groups excluding carboxylic acids is 1. The average Bonchev–Trinajstić information content (AvgIpc) is 3.25. The number of hydrogen-bond acceptors (Lipinski definition) is 6. The van der Waals surface area contributed by atoms with E-state index in [-0.39, 0.29) is 28.6 Å². The van der Waals surface area contributed by atoms with Gasteiger partial charge in [-0.2, -0.15) is 4.72 Å². The van der Waals surface area contributed by atoms with Crippen LogP contribution < -0.4 is 10.0 Å². The van der Waals surface area contributed by atoms with Crippen LogP contribution in [0.15, 0.2) is 34.1 Å². The molecule has 2 aromatic heterocycles. The van der Waals surface area contributed by atoms with E-state index in [9.17, 15) is 13.2 Å². The van der Waals surface area contributed by atoms with Gasteiger partial charge < -0.3 is 14.8 Å². The molecule has 144 valence electrons. The minimum absolute atomic E-state index is 0. The van der Waals surface area contributed by atoms with Crippen LogP contribution in [0.25, 0.3) is 0 Å². The SMILES string of the molecule is CC(NS(=O)(=O)c1cccs1)C(=O)N1CCNCC1c1nccn1C.Cl. The van der Waals surface area contributed by atoms with Gasteiger partial charge >= 0.3 is 0 Å². The van der Waals surface area contributed by atoms with Crippen molar-refractivity contribution >= 4 is 39.7 Å². The van der Waals surface area contributed by atoms with E-state index in [0.29, 0.717) is 19.6 Å². The van der Waals surface area contributed by atoms with Crippen LogP contribution in [0.5, 0.6) is 0 Å². The molecule has 26 heavy (non-hydrogen) atoms. The summed E-state index contributed by atoms with van der Waals surface area (Å²) in [7, 11) is -1.82. The highest BCUT2D eigenvalue weighted by Gasteiger charge is 2.34. The predicted octanol–water partition coefficient (Wildman–Crippen LogP) is 0.743. The molecule has 0 aromatic carbocycles. The number of imidazole rings is 1. The monoisotopic (exact) mass is 419 g/mol. The second-order valence-electron chi connectivity index (χ2n) is 5.92. The van der Waals surface area contributed by atoms with E-state index in [2.05, 4.69) is 15.0 Å². The third kappa shape index (κ3) is 4.26. The molecular formula is C15H22ClN5O3S2. The highest BCUT2D eigenvalue weighted by atomic mass is 35.5. The summed E-state index contributed by atoms with van der Waals surface area (Å²) in [6, 6.07) is 2.10. The van der Waals surface area contributed by atoms with Gasteiger partial charge in [0.25, 0.3) is 10.0 Å². The Bertz CT molecular complexity index is 837. The number of nitrogens with one attached hydrogen (secondary N) is 2. The van der Waals surface area contributed by atoms with Crippen LogP contribution in [0.3, 0.4) is 0 Å². The lowest BCUT2D eigenvalue weighted by Crippen LogP contribution is -2.54. The Morgan fingerprint density at radius 2 is 2.27 bits per heavy atom.